The van der Waals surface area contributed by atoms with Crippen LogP contribution < -0.4 is 21.3 Å². The fraction of sp³-hybridized carbons (Fsp3) is 0.885. The van der Waals surface area contributed by atoms with E-state index in [4.69, 9.17) is 56.8 Å². The lowest BCUT2D eigenvalue weighted by Gasteiger charge is -2.53. The zero-order chi connectivity index (χ0) is 71.6. The van der Waals surface area contributed by atoms with Crippen molar-refractivity contribution in [2.75, 3.05) is 59.5 Å². The Labute approximate surface area is 541 Å². The highest BCUT2D eigenvalue weighted by Crippen LogP contribution is 2.42. The molecule has 6 saturated heterocycles. The fourth-order valence-corrected chi connectivity index (χ4v) is 11.7. The van der Waals surface area contributed by atoms with Crippen molar-refractivity contribution in [3.05, 3.63) is 0 Å². The minimum atomic E-state index is -3.69. The molecule has 0 aromatic rings. The molecule has 6 aliphatic rings. The van der Waals surface area contributed by atoms with Gasteiger partial charge in [0.2, 0.25) is 24.1 Å². The van der Waals surface area contributed by atoms with Gasteiger partial charge in [-0.25, -0.2) is 9.59 Å². The van der Waals surface area contributed by atoms with Gasteiger partial charge in [-0.2, -0.15) is 0 Å². The van der Waals surface area contributed by atoms with Gasteiger partial charge in [-0.3, -0.25) is 19.2 Å². The van der Waals surface area contributed by atoms with E-state index in [1.807, 2.05) is 5.32 Å². The number of aliphatic hydroxyl groups excluding tert-OH is 20. The monoisotopic (exact) mass is 1410 g/mol. The van der Waals surface area contributed by atoms with E-state index in [2.05, 4.69) is 16.0 Å². The van der Waals surface area contributed by atoms with E-state index >= 15 is 0 Å². The molecule has 0 unspecified atom stereocenters. The van der Waals surface area contributed by atoms with Gasteiger partial charge in [-0.05, 0) is 0 Å². The summed E-state index contributed by atoms with van der Waals surface area (Å²) in [5.41, 5.74) is 0. The molecule has 0 radical (unpaired) electrons. The summed E-state index contributed by atoms with van der Waals surface area (Å²) >= 11 is 0. The molecule has 6 rings (SSSR count). The van der Waals surface area contributed by atoms with Crippen LogP contribution in [-0.2, 0) is 85.6 Å². The van der Waals surface area contributed by atoms with Gasteiger partial charge in [-0.1, -0.05) is 0 Å². The Kier molecular flexibility index (Phi) is 29.5. The van der Waals surface area contributed by atoms with Crippen LogP contribution in [0.2, 0.25) is 0 Å². The van der Waals surface area contributed by atoms with E-state index in [-0.39, 0.29) is 6.41 Å². The highest BCUT2D eigenvalue weighted by atomic mass is 16.8. The van der Waals surface area contributed by atoms with Crippen LogP contribution >= 0.6 is 0 Å². The van der Waals surface area contributed by atoms with Crippen molar-refractivity contribution in [1.82, 2.24) is 21.3 Å². The number of hydrogen-bond donors (Lipinski definition) is 26. The van der Waals surface area contributed by atoms with Crippen molar-refractivity contribution in [1.29, 1.82) is 0 Å². The van der Waals surface area contributed by atoms with Crippen molar-refractivity contribution >= 4 is 36.1 Å². The molecule has 96 heavy (non-hydrogen) atoms. The second-order valence-electron chi connectivity index (χ2n) is 23.3. The molecule has 33 atom stereocenters. The molecule has 0 aliphatic carbocycles. The largest absolute Gasteiger partial charge is 0.477 e. The van der Waals surface area contributed by atoms with Gasteiger partial charge in [0, 0.05) is 26.7 Å². The van der Waals surface area contributed by atoms with E-state index < -0.39 is 303 Å². The summed E-state index contributed by atoms with van der Waals surface area (Å²) < 4.78 is 69.8. The molecule has 6 aliphatic heterocycles. The van der Waals surface area contributed by atoms with Gasteiger partial charge in [-0.15, -0.1) is 0 Å². The quantitative estimate of drug-likeness (QED) is 0.0278. The molecule has 0 bridgehead atoms. The third-order valence-corrected chi connectivity index (χ3v) is 16.7. The molecule has 44 nitrogen and oxygen atoms in total. The zero-order valence-electron chi connectivity index (χ0n) is 50.9. The van der Waals surface area contributed by atoms with Crippen molar-refractivity contribution < 1.29 is 198 Å². The first kappa shape index (κ1) is 80.5. The summed E-state index contributed by atoms with van der Waals surface area (Å²) in [6.07, 6.45) is -63.7. The Balaban J connectivity index is 1.46. The molecule has 554 valence electrons. The first-order chi connectivity index (χ1) is 45.3. The van der Waals surface area contributed by atoms with Crippen LogP contribution in [0.5, 0.6) is 0 Å². The molecule has 0 spiro atoms. The number of hydrogen-bond acceptors (Lipinski definition) is 38. The predicted octanol–water partition coefficient (Wildman–Crippen LogP) is -17.2. The number of aliphatic carboxylic acids is 2. The second kappa shape index (κ2) is 35.2. The van der Waals surface area contributed by atoms with Crippen molar-refractivity contribution in [2.45, 2.75) is 228 Å². The maximum absolute atomic E-state index is 14.1. The number of carboxylic acids is 2. The standard InChI is InChI=1S/C52H86N4O40/c1-15(66)54-27-18(68)4-52(50(83)84,95-43(27)33(75)23(9-61)93-51(49(81)82)3-19(69)28(56-26(71)12-64)42(94-51)30(72)20(70)6-58)96-44-38(80)48(90-39-24(10-62)88-46(37(79)35(39)77)85-13-17(5-57)53-14-65)89-25(11-63)40(44)91-45-29(55-16(2)67)41(32(74)22(8-60)86-45)92-47-36(78)34(76)31(73)21(7-59)87-47/h14,17-25,27-48,57-64,68-70,72-80H,3-13H2,1-2H3,(H,53,65)(H,54,66)(H,55,67)(H,56,71)(H,81,82)(H,83,84)/t17-,18+,19+,20-,21-,22-,23-,24-,25-,27-,28-,29-,30-,31+,32+,33-,34+,35-,36-,37-,38-,39-,40+,41-,42-,43-,44-,45+,46-,47+,48+,51-,52+/m1/s1. The van der Waals surface area contributed by atoms with Crippen LogP contribution in [0.3, 0.4) is 0 Å². The first-order valence-corrected chi connectivity index (χ1v) is 29.8. The second-order valence-corrected chi connectivity index (χ2v) is 23.3. The Morgan fingerprint density at radius 2 is 0.990 bits per heavy atom. The molecular formula is C52H86N4O40. The number of carbonyl (C=O) groups excluding carboxylic acids is 4. The van der Waals surface area contributed by atoms with Gasteiger partial charge in [0.25, 0.3) is 11.6 Å². The highest BCUT2D eigenvalue weighted by molar-refractivity contribution is 5.78. The smallest absolute Gasteiger partial charge is 0.364 e. The average molecular weight is 1410 g/mol. The summed E-state index contributed by atoms with van der Waals surface area (Å²) in [6.45, 7) is -8.45. The summed E-state index contributed by atoms with van der Waals surface area (Å²) in [7, 11) is 0. The Morgan fingerprint density at radius 1 is 0.510 bits per heavy atom. The molecule has 0 aromatic carbocycles. The maximum Gasteiger partial charge on any atom is 0.364 e. The number of carbonyl (C=O) groups is 6. The Bertz CT molecular complexity index is 2520. The van der Waals surface area contributed by atoms with E-state index in [0.29, 0.717) is 0 Å². The number of carboxylic acid groups (broad SMARTS) is 2. The van der Waals surface area contributed by atoms with Crippen molar-refractivity contribution in [3.63, 3.8) is 0 Å². The van der Waals surface area contributed by atoms with E-state index in [1.165, 1.54) is 0 Å². The summed E-state index contributed by atoms with van der Waals surface area (Å²) in [4.78, 5) is 76.7. The maximum atomic E-state index is 14.1. The highest BCUT2D eigenvalue weighted by Gasteiger charge is 2.64. The minimum absolute atomic E-state index is 0.201. The number of ether oxygens (including phenoxy) is 12. The molecule has 4 amide bonds. The zero-order valence-corrected chi connectivity index (χ0v) is 50.9. The molecular weight excluding hydrogens is 1320 g/mol. The first-order valence-electron chi connectivity index (χ1n) is 29.8. The molecule has 6 fully saturated rings. The molecule has 6 heterocycles. The van der Waals surface area contributed by atoms with Crippen LogP contribution in [0.25, 0.3) is 0 Å². The van der Waals surface area contributed by atoms with Gasteiger partial charge < -0.3 is 190 Å². The van der Waals surface area contributed by atoms with Crippen molar-refractivity contribution in [2.24, 2.45) is 0 Å². The van der Waals surface area contributed by atoms with Crippen LogP contribution in [0.1, 0.15) is 26.7 Å². The van der Waals surface area contributed by atoms with Gasteiger partial charge in [0.15, 0.2) is 25.2 Å². The lowest BCUT2D eigenvalue weighted by Crippen LogP contribution is -2.73. The third kappa shape index (κ3) is 18.0. The van der Waals surface area contributed by atoms with E-state index in [1.54, 1.807) is 0 Å². The molecule has 0 aromatic heterocycles. The number of nitrogens with one attached hydrogen (secondary N) is 4. The number of rotatable bonds is 32. The fourth-order valence-electron chi connectivity index (χ4n) is 11.7. The SMILES string of the molecule is CC(=O)N[C@H]1[C@H](O[C@@H]2[C@H](O[C@]3(C(=O)O)C[C@H](O)[C@@H](NC(C)=O)[C@H]([C@H](O)[C@@H](CO)O[C@]4(C(=O)O)C[C@H](O)[C@@H](NC(=O)CO)[C@H]([C@H](O)[C@H](O)CO)O4)O3)[C@@H](O)[C@H](O[C@H]3[C@H](O)[C@@H](O)[C@H](OC[C@@H](CO)NC=O)O[C@@H]3CO)O[C@@H]2CO)O[C@H](CO)[C@H](O)[C@@H]1O[C@@H]1O[C@H](CO)[C@H](O)[C@H](O)[C@H]1O. The normalized spacial score (nSPS) is 42.1. The van der Waals surface area contributed by atoms with Gasteiger partial charge in [0.1, 0.15) is 141 Å². The van der Waals surface area contributed by atoms with Crippen LogP contribution in [0.4, 0.5) is 0 Å². The summed E-state index contributed by atoms with van der Waals surface area (Å²) in [5, 5.41) is 249. The topological polar surface area (TPSA) is 706 Å². The Morgan fingerprint density at radius 3 is 1.53 bits per heavy atom. The van der Waals surface area contributed by atoms with Crippen LogP contribution in [0.15, 0.2) is 0 Å². The predicted molar refractivity (Wildman–Crippen MR) is 294 cm³/mol. The van der Waals surface area contributed by atoms with Crippen molar-refractivity contribution in [3.8, 4) is 0 Å². The van der Waals surface area contributed by atoms with Gasteiger partial charge >= 0.3 is 11.9 Å². The molecule has 26 N–H and O–H groups in total. The summed E-state index contributed by atoms with van der Waals surface area (Å²) in [6, 6.07) is -7.20. The lowest BCUT2D eigenvalue weighted by molar-refractivity contribution is -0.404. The lowest BCUT2D eigenvalue weighted by atomic mass is 9.87. The van der Waals surface area contributed by atoms with Gasteiger partial charge in [0.05, 0.1) is 83.2 Å². The minimum Gasteiger partial charge on any atom is -0.477 e. The number of amides is 4. The van der Waals surface area contributed by atoms with E-state index in [9.17, 15) is 141 Å². The Hall–Kier alpha value is -4.46. The summed E-state index contributed by atoms with van der Waals surface area (Å²) in [5.74, 6) is -15.1. The average Bonchev–Trinajstić information content (AvgIpc) is 0.749. The third-order valence-electron chi connectivity index (χ3n) is 16.7. The number of aliphatic hydroxyl groups is 20. The van der Waals surface area contributed by atoms with Crippen LogP contribution in [-0.4, -0.2) is 409 Å². The molecule has 0 saturated carbocycles. The van der Waals surface area contributed by atoms with E-state index in [0.717, 1.165) is 13.8 Å². The van der Waals surface area contributed by atoms with Crippen LogP contribution in [0, 0.1) is 0 Å². The molecule has 44 heteroatoms.